The highest BCUT2D eigenvalue weighted by molar-refractivity contribution is 5.74. The summed E-state index contributed by atoms with van der Waals surface area (Å²) >= 11 is 0. The Balaban J connectivity index is 1.23. The molecular formula is C33H54O2. The summed E-state index contributed by atoms with van der Waals surface area (Å²) in [6, 6.07) is 0. The molecule has 0 aromatic carbocycles. The molecule has 0 aromatic rings. The van der Waals surface area contributed by atoms with Gasteiger partial charge in [0.15, 0.2) is 0 Å². The Morgan fingerprint density at radius 3 is 1.94 bits per heavy atom. The van der Waals surface area contributed by atoms with Gasteiger partial charge in [-0.2, -0.15) is 0 Å². The SMILES string of the molecule is CCC(C)(C)C1C2CC(C1C(C)(C)CC)[C@@H]1C3CC(C(=O)OC4CC5CCC4(C)C5(C)C)C(C3)C21. The molecule has 198 valence electrons. The van der Waals surface area contributed by atoms with E-state index in [-0.39, 0.29) is 23.4 Å². The van der Waals surface area contributed by atoms with E-state index in [1.807, 2.05) is 0 Å². The Labute approximate surface area is 216 Å². The lowest BCUT2D eigenvalue weighted by Crippen LogP contribution is -2.50. The van der Waals surface area contributed by atoms with Gasteiger partial charge in [-0.15, -0.1) is 0 Å². The van der Waals surface area contributed by atoms with Crippen LogP contribution in [-0.2, 0) is 9.53 Å². The molecule has 6 bridgehead atoms. The zero-order valence-corrected chi connectivity index (χ0v) is 24.3. The van der Waals surface area contributed by atoms with Gasteiger partial charge >= 0.3 is 5.97 Å². The Bertz CT molecular complexity index is 884. The van der Waals surface area contributed by atoms with Crippen LogP contribution in [0.1, 0.15) is 114 Å². The molecule has 0 spiro atoms. The summed E-state index contributed by atoms with van der Waals surface area (Å²) in [6.45, 7) is 22.4. The van der Waals surface area contributed by atoms with E-state index < -0.39 is 0 Å². The van der Waals surface area contributed by atoms with Crippen LogP contribution in [0.4, 0.5) is 0 Å². The van der Waals surface area contributed by atoms with Gasteiger partial charge in [-0.25, -0.2) is 0 Å². The first-order valence-electron chi connectivity index (χ1n) is 15.5. The van der Waals surface area contributed by atoms with E-state index in [0.717, 1.165) is 60.2 Å². The first-order chi connectivity index (χ1) is 16.3. The van der Waals surface area contributed by atoms with Crippen molar-refractivity contribution in [2.24, 2.45) is 80.8 Å². The zero-order chi connectivity index (χ0) is 25.3. The van der Waals surface area contributed by atoms with Crippen LogP contribution in [0.15, 0.2) is 0 Å². The molecule has 2 heteroatoms. The Morgan fingerprint density at radius 2 is 1.43 bits per heavy atom. The number of fused-ring (bicyclic) bond motifs is 11. The van der Waals surface area contributed by atoms with Crippen LogP contribution >= 0.6 is 0 Å². The van der Waals surface area contributed by atoms with Crippen LogP contribution in [-0.4, -0.2) is 12.1 Å². The molecule has 0 aromatic heterocycles. The van der Waals surface area contributed by atoms with Crippen molar-refractivity contribution in [3.05, 3.63) is 0 Å². The summed E-state index contributed by atoms with van der Waals surface area (Å²) in [5.74, 6) is 7.60. The molecule has 0 amide bonds. The summed E-state index contributed by atoms with van der Waals surface area (Å²) in [5.41, 5.74) is 1.30. The smallest absolute Gasteiger partial charge is 0.309 e. The number of rotatable bonds is 6. The van der Waals surface area contributed by atoms with Gasteiger partial charge in [0.1, 0.15) is 6.10 Å². The van der Waals surface area contributed by atoms with Gasteiger partial charge in [-0.3, -0.25) is 4.79 Å². The van der Waals surface area contributed by atoms with Crippen LogP contribution in [0, 0.1) is 80.8 Å². The predicted octanol–water partition coefficient (Wildman–Crippen LogP) is 8.39. The third-order valence-electron chi connectivity index (χ3n) is 14.9. The summed E-state index contributed by atoms with van der Waals surface area (Å²) in [6.07, 6.45) is 10.3. The molecule has 0 N–H and O–H groups in total. The summed E-state index contributed by atoms with van der Waals surface area (Å²) < 4.78 is 6.52. The largest absolute Gasteiger partial charge is 0.462 e. The molecule has 0 saturated heterocycles. The first kappa shape index (κ1) is 24.8. The number of hydrogen-bond acceptors (Lipinski definition) is 2. The third kappa shape index (κ3) is 3.04. The minimum absolute atomic E-state index is 0.153. The molecule has 6 rings (SSSR count). The van der Waals surface area contributed by atoms with E-state index in [2.05, 4.69) is 62.3 Å². The van der Waals surface area contributed by atoms with Crippen molar-refractivity contribution < 1.29 is 9.53 Å². The molecule has 6 saturated carbocycles. The van der Waals surface area contributed by atoms with Crippen molar-refractivity contribution in [3.8, 4) is 0 Å². The van der Waals surface area contributed by atoms with Gasteiger partial charge in [-0.05, 0) is 108 Å². The highest BCUT2D eigenvalue weighted by Gasteiger charge is 2.71. The van der Waals surface area contributed by atoms with Gasteiger partial charge in [0.2, 0.25) is 0 Å². The van der Waals surface area contributed by atoms with Crippen molar-refractivity contribution in [2.75, 3.05) is 0 Å². The maximum Gasteiger partial charge on any atom is 0.309 e. The van der Waals surface area contributed by atoms with Crippen molar-refractivity contribution in [2.45, 2.75) is 120 Å². The Kier molecular flexibility index (Phi) is 5.33. The topological polar surface area (TPSA) is 26.3 Å². The Hall–Kier alpha value is -0.530. The highest BCUT2D eigenvalue weighted by atomic mass is 16.5. The van der Waals surface area contributed by atoms with Crippen LogP contribution in [0.2, 0.25) is 0 Å². The van der Waals surface area contributed by atoms with Crippen molar-refractivity contribution >= 4 is 5.97 Å². The molecule has 11 unspecified atom stereocenters. The van der Waals surface area contributed by atoms with Crippen molar-refractivity contribution in [3.63, 3.8) is 0 Å². The van der Waals surface area contributed by atoms with Gasteiger partial charge in [0.05, 0.1) is 5.92 Å². The lowest BCUT2D eigenvalue weighted by atomic mass is 9.50. The second-order valence-corrected chi connectivity index (χ2v) is 16.5. The molecule has 12 atom stereocenters. The van der Waals surface area contributed by atoms with Crippen molar-refractivity contribution in [1.29, 1.82) is 0 Å². The fourth-order valence-corrected chi connectivity index (χ4v) is 12.0. The molecule has 6 aliphatic rings. The Morgan fingerprint density at radius 1 is 0.829 bits per heavy atom. The van der Waals surface area contributed by atoms with Gasteiger partial charge < -0.3 is 4.74 Å². The van der Waals surface area contributed by atoms with Crippen LogP contribution < -0.4 is 0 Å². The van der Waals surface area contributed by atoms with E-state index in [1.165, 1.54) is 38.5 Å². The van der Waals surface area contributed by atoms with Crippen molar-refractivity contribution in [1.82, 2.24) is 0 Å². The predicted molar refractivity (Wildman–Crippen MR) is 143 cm³/mol. The van der Waals surface area contributed by atoms with Crippen LogP contribution in [0.5, 0.6) is 0 Å². The third-order valence-corrected chi connectivity index (χ3v) is 14.9. The lowest BCUT2D eigenvalue weighted by Gasteiger charge is -2.54. The summed E-state index contributed by atoms with van der Waals surface area (Å²) in [4.78, 5) is 13.8. The normalized spacial score (nSPS) is 51.3. The van der Waals surface area contributed by atoms with Crippen LogP contribution in [0.25, 0.3) is 0 Å². The lowest BCUT2D eigenvalue weighted by molar-refractivity contribution is -0.166. The molecular weight excluding hydrogens is 428 g/mol. The van der Waals surface area contributed by atoms with E-state index in [9.17, 15) is 4.79 Å². The molecule has 2 nitrogen and oxygen atoms in total. The standard InChI is InChI=1S/C33H54O2/c1-10-30(3,4)27-22-17-23(28(27)31(5,6)11-2)26-20-14-18(25(22)26)15-21(20)29(34)35-24-16-19-12-13-33(24,9)32(19,7)8/h18-28H,10-17H2,1-9H3/t18?,19?,20?,21?,22?,23?,24?,25-,26?,27?,28?,33?/m0/s1. The number of esters is 1. The number of ether oxygens (including phenoxy) is 1. The average molecular weight is 483 g/mol. The highest BCUT2D eigenvalue weighted by Crippen LogP contribution is 2.76. The minimum atomic E-state index is 0.153. The van der Waals surface area contributed by atoms with Crippen LogP contribution in [0.3, 0.4) is 0 Å². The molecule has 6 aliphatic carbocycles. The minimum Gasteiger partial charge on any atom is -0.462 e. The van der Waals surface area contributed by atoms with Gasteiger partial charge in [0.25, 0.3) is 0 Å². The van der Waals surface area contributed by atoms with E-state index in [4.69, 9.17) is 4.74 Å². The average Bonchev–Trinajstić information content (AvgIpc) is 3.61. The molecule has 0 heterocycles. The quantitative estimate of drug-likeness (QED) is 0.281. The molecule has 0 radical (unpaired) electrons. The second-order valence-electron chi connectivity index (χ2n) is 16.5. The van der Waals surface area contributed by atoms with E-state index in [0.29, 0.717) is 22.2 Å². The van der Waals surface area contributed by atoms with Gasteiger partial charge in [0, 0.05) is 5.41 Å². The molecule has 6 fully saturated rings. The number of carbonyl (C=O) groups is 1. The fraction of sp³-hybridized carbons (Fsp3) is 0.970. The molecule has 0 aliphatic heterocycles. The number of hydrogen-bond donors (Lipinski definition) is 0. The first-order valence-corrected chi connectivity index (χ1v) is 15.5. The van der Waals surface area contributed by atoms with Gasteiger partial charge in [-0.1, -0.05) is 75.2 Å². The molecule has 35 heavy (non-hydrogen) atoms. The number of carbonyl (C=O) groups excluding carboxylic acids is 1. The summed E-state index contributed by atoms with van der Waals surface area (Å²) in [5, 5.41) is 0. The summed E-state index contributed by atoms with van der Waals surface area (Å²) in [7, 11) is 0. The second kappa shape index (κ2) is 7.53. The maximum absolute atomic E-state index is 13.8. The van der Waals surface area contributed by atoms with E-state index in [1.54, 1.807) is 0 Å². The maximum atomic E-state index is 13.8. The monoisotopic (exact) mass is 482 g/mol. The van der Waals surface area contributed by atoms with E-state index >= 15 is 0 Å². The fourth-order valence-electron chi connectivity index (χ4n) is 12.0. The zero-order valence-electron chi connectivity index (χ0n) is 24.3.